The molecule has 12 heteroatoms. The lowest BCUT2D eigenvalue weighted by atomic mass is 10.2. The molecule has 2 aromatic rings. The minimum atomic E-state index is -4.90. The monoisotopic (exact) mass is 500 g/mol. The number of carbonyl (C=O) groups is 2. The number of hydrogen-bond donors (Lipinski definition) is 2. The number of ether oxygens (including phenoxy) is 1. The standard InChI is InChI=1S/C21H20ClF3N4O3S/c1-32-15-5-2-13(3-6-15)18(30)27-20(33)26-16-12-14(22)4-7-17(16)28-8-10-29(11-9-28)19(31)21(23,24)25/h2-7,12H,8-11H2,1H3,(H2,26,27,30,33). The van der Waals surface area contributed by atoms with Gasteiger partial charge in [-0.3, -0.25) is 14.9 Å². The molecule has 1 saturated heterocycles. The van der Waals surface area contributed by atoms with Gasteiger partial charge in [-0.25, -0.2) is 0 Å². The second kappa shape index (κ2) is 10.3. The van der Waals surface area contributed by atoms with E-state index in [0.717, 1.165) is 4.90 Å². The fourth-order valence-corrected chi connectivity index (χ4v) is 3.66. The van der Waals surface area contributed by atoms with Crippen molar-refractivity contribution >= 4 is 52.1 Å². The first kappa shape index (κ1) is 24.6. The van der Waals surface area contributed by atoms with Crippen molar-refractivity contribution in [2.45, 2.75) is 6.18 Å². The van der Waals surface area contributed by atoms with Crippen LogP contribution in [0.25, 0.3) is 0 Å². The fourth-order valence-electron chi connectivity index (χ4n) is 3.29. The summed E-state index contributed by atoms with van der Waals surface area (Å²) in [5, 5.41) is 5.91. The molecule has 0 bridgehead atoms. The molecule has 2 amide bonds. The molecule has 0 aliphatic carbocycles. The molecule has 2 N–H and O–H groups in total. The number of methoxy groups -OCH3 is 1. The van der Waals surface area contributed by atoms with Crippen molar-refractivity contribution in [3.05, 3.63) is 53.1 Å². The van der Waals surface area contributed by atoms with Crippen LogP contribution >= 0.6 is 23.8 Å². The molecular formula is C21H20ClF3N4O3S. The Hall–Kier alpha value is -3.05. The summed E-state index contributed by atoms with van der Waals surface area (Å²) in [7, 11) is 1.52. The van der Waals surface area contributed by atoms with E-state index in [1.54, 1.807) is 42.5 Å². The summed E-state index contributed by atoms with van der Waals surface area (Å²) < 4.78 is 43.1. The van der Waals surface area contributed by atoms with Crippen molar-refractivity contribution in [3.8, 4) is 5.75 Å². The molecule has 0 aromatic heterocycles. The summed E-state index contributed by atoms with van der Waals surface area (Å²) in [5.41, 5.74) is 1.47. The van der Waals surface area contributed by atoms with Gasteiger partial charge in [0.1, 0.15) is 5.75 Å². The van der Waals surface area contributed by atoms with Crippen LogP contribution in [0.15, 0.2) is 42.5 Å². The van der Waals surface area contributed by atoms with Crippen LogP contribution < -0.4 is 20.3 Å². The van der Waals surface area contributed by atoms with Crippen molar-refractivity contribution < 1.29 is 27.5 Å². The van der Waals surface area contributed by atoms with Crippen molar-refractivity contribution in [2.24, 2.45) is 0 Å². The second-order valence-corrected chi connectivity index (χ2v) is 7.92. The first-order chi connectivity index (χ1) is 15.6. The maximum absolute atomic E-state index is 12.7. The van der Waals surface area contributed by atoms with Gasteiger partial charge in [0.2, 0.25) is 0 Å². The average molecular weight is 501 g/mol. The number of nitrogens with zero attached hydrogens (tertiary/aromatic N) is 2. The van der Waals surface area contributed by atoms with Gasteiger partial charge in [0.25, 0.3) is 5.91 Å². The van der Waals surface area contributed by atoms with Gasteiger partial charge < -0.3 is 19.9 Å². The Morgan fingerprint density at radius 3 is 2.27 bits per heavy atom. The predicted molar refractivity (Wildman–Crippen MR) is 123 cm³/mol. The van der Waals surface area contributed by atoms with Crippen LogP contribution in [0.2, 0.25) is 5.02 Å². The predicted octanol–water partition coefficient (Wildman–Crippen LogP) is 3.69. The van der Waals surface area contributed by atoms with Crippen LogP contribution in [0.1, 0.15) is 10.4 Å². The number of amides is 2. The summed E-state index contributed by atoms with van der Waals surface area (Å²) in [6.45, 7) is 0.199. The van der Waals surface area contributed by atoms with Gasteiger partial charge >= 0.3 is 12.1 Å². The molecule has 0 radical (unpaired) electrons. The number of alkyl halides is 3. The number of thiocarbonyl (C=S) groups is 1. The Bertz CT molecular complexity index is 1040. The molecule has 176 valence electrons. The Balaban J connectivity index is 1.67. The number of halogens is 4. The van der Waals surface area contributed by atoms with E-state index in [9.17, 15) is 22.8 Å². The molecule has 1 fully saturated rings. The molecule has 0 unspecified atom stereocenters. The van der Waals surface area contributed by atoms with E-state index in [1.807, 2.05) is 4.90 Å². The molecule has 7 nitrogen and oxygen atoms in total. The zero-order chi connectivity index (χ0) is 24.2. The normalized spacial score (nSPS) is 14.0. The van der Waals surface area contributed by atoms with Gasteiger partial charge in [0, 0.05) is 36.8 Å². The van der Waals surface area contributed by atoms with Crippen LogP contribution in [-0.2, 0) is 4.79 Å². The molecule has 1 heterocycles. The third-order valence-electron chi connectivity index (χ3n) is 4.94. The van der Waals surface area contributed by atoms with Crippen LogP contribution in [0.5, 0.6) is 5.75 Å². The summed E-state index contributed by atoms with van der Waals surface area (Å²) in [4.78, 5) is 26.5. The van der Waals surface area contributed by atoms with E-state index < -0.39 is 18.0 Å². The fraction of sp³-hybridized carbons (Fsp3) is 0.286. The number of rotatable bonds is 4. The molecule has 2 aromatic carbocycles. The minimum Gasteiger partial charge on any atom is -0.497 e. The number of nitrogens with one attached hydrogen (secondary N) is 2. The number of anilines is 2. The highest BCUT2D eigenvalue weighted by atomic mass is 35.5. The van der Waals surface area contributed by atoms with E-state index in [1.165, 1.54) is 7.11 Å². The Morgan fingerprint density at radius 1 is 1.06 bits per heavy atom. The smallest absolute Gasteiger partial charge is 0.471 e. The highest BCUT2D eigenvalue weighted by molar-refractivity contribution is 7.80. The van der Waals surface area contributed by atoms with Crippen LogP contribution in [-0.4, -0.2) is 61.3 Å². The van der Waals surface area contributed by atoms with Gasteiger partial charge in [0.05, 0.1) is 18.5 Å². The van der Waals surface area contributed by atoms with Crippen molar-refractivity contribution in [3.63, 3.8) is 0 Å². The zero-order valence-corrected chi connectivity index (χ0v) is 19.0. The summed E-state index contributed by atoms with van der Waals surface area (Å²) >= 11 is 11.4. The second-order valence-electron chi connectivity index (χ2n) is 7.08. The summed E-state index contributed by atoms with van der Waals surface area (Å²) in [6, 6.07) is 11.4. The van der Waals surface area contributed by atoms with Crippen LogP contribution in [0.3, 0.4) is 0 Å². The van der Waals surface area contributed by atoms with E-state index in [2.05, 4.69) is 10.6 Å². The highest BCUT2D eigenvalue weighted by Gasteiger charge is 2.43. The van der Waals surface area contributed by atoms with Crippen LogP contribution in [0.4, 0.5) is 24.5 Å². The highest BCUT2D eigenvalue weighted by Crippen LogP contribution is 2.30. The lowest BCUT2D eigenvalue weighted by Crippen LogP contribution is -2.52. The lowest BCUT2D eigenvalue weighted by molar-refractivity contribution is -0.185. The first-order valence-electron chi connectivity index (χ1n) is 9.75. The maximum Gasteiger partial charge on any atom is 0.471 e. The van der Waals surface area contributed by atoms with Gasteiger partial charge in [-0.2, -0.15) is 13.2 Å². The molecule has 0 atom stereocenters. The Kier molecular flexibility index (Phi) is 7.65. The Morgan fingerprint density at radius 2 is 1.70 bits per heavy atom. The molecule has 0 saturated carbocycles. The number of carbonyl (C=O) groups excluding carboxylic acids is 2. The van der Waals surface area contributed by atoms with Gasteiger partial charge in [-0.05, 0) is 54.7 Å². The lowest BCUT2D eigenvalue weighted by Gasteiger charge is -2.37. The van der Waals surface area contributed by atoms with Crippen molar-refractivity contribution in [1.29, 1.82) is 0 Å². The zero-order valence-electron chi connectivity index (χ0n) is 17.4. The van der Waals surface area contributed by atoms with E-state index in [-0.39, 0.29) is 31.3 Å². The third-order valence-corrected chi connectivity index (χ3v) is 5.38. The van der Waals surface area contributed by atoms with Crippen molar-refractivity contribution in [1.82, 2.24) is 10.2 Å². The van der Waals surface area contributed by atoms with Gasteiger partial charge in [0.15, 0.2) is 5.11 Å². The maximum atomic E-state index is 12.7. The molecule has 1 aliphatic rings. The molecule has 1 aliphatic heterocycles. The average Bonchev–Trinajstić information content (AvgIpc) is 2.78. The van der Waals surface area contributed by atoms with Crippen LogP contribution in [0, 0.1) is 0 Å². The summed E-state index contributed by atoms with van der Waals surface area (Å²) in [6.07, 6.45) is -4.90. The minimum absolute atomic E-state index is 0.0187. The summed E-state index contributed by atoms with van der Waals surface area (Å²) in [5.74, 6) is -1.68. The first-order valence-corrected chi connectivity index (χ1v) is 10.5. The van der Waals surface area contributed by atoms with Gasteiger partial charge in [-0.15, -0.1) is 0 Å². The third kappa shape index (κ3) is 6.26. The number of hydrogen-bond acceptors (Lipinski definition) is 5. The molecule has 3 rings (SSSR count). The Labute approximate surface area is 198 Å². The van der Waals surface area contributed by atoms with E-state index in [4.69, 9.17) is 28.6 Å². The van der Waals surface area contributed by atoms with E-state index >= 15 is 0 Å². The van der Waals surface area contributed by atoms with Crippen molar-refractivity contribution in [2.75, 3.05) is 43.5 Å². The largest absolute Gasteiger partial charge is 0.497 e. The quantitative estimate of drug-likeness (QED) is 0.624. The molecular weight excluding hydrogens is 481 g/mol. The molecule has 33 heavy (non-hydrogen) atoms. The topological polar surface area (TPSA) is 73.9 Å². The number of piperazine rings is 1. The van der Waals surface area contributed by atoms with E-state index in [0.29, 0.717) is 27.7 Å². The van der Waals surface area contributed by atoms with Gasteiger partial charge in [-0.1, -0.05) is 11.6 Å². The molecule has 0 spiro atoms. The SMILES string of the molecule is COc1ccc(C(=O)NC(=S)Nc2cc(Cl)ccc2N2CCN(C(=O)C(F)(F)F)CC2)cc1. The number of benzene rings is 2.